The standard InChI is InChI=1S/C17H22O2/c1-13(2)9-10-15(11-14(3)12-18)16-7-5-6-8-17(16)19-4/h5-9,11-12,15H,10H2,1-4H3/b14-11+. The van der Waals surface area contributed by atoms with Crippen molar-refractivity contribution < 1.29 is 9.53 Å². The van der Waals surface area contributed by atoms with Gasteiger partial charge in [0.25, 0.3) is 0 Å². The summed E-state index contributed by atoms with van der Waals surface area (Å²) >= 11 is 0. The van der Waals surface area contributed by atoms with Crippen molar-refractivity contribution in [1.82, 2.24) is 0 Å². The molecule has 0 saturated heterocycles. The fourth-order valence-electron chi connectivity index (χ4n) is 1.98. The van der Waals surface area contributed by atoms with Crippen LogP contribution >= 0.6 is 0 Å². The van der Waals surface area contributed by atoms with E-state index in [1.54, 1.807) is 7.11 Å². The molecule has 0 fully saturated rings. The van der Waals surface area contributed by atoms with E-state index in [-0.39, 0.29) is 5.92 Å². The van der Waals surface area contributed by atoms with E-state index in [0.29, 0.717) is 0 Å². The Morgan fingerprint density at radius 3 is 2.53 bits per heavy atom. The van der Waals surface area contributed by atoms with Gasteiger partial charge in [0.1, 0.15) is 12.0 Å². The first-order valence-corrected chi connectivity index (χ1v) is 6.48. The molecule has 0 spiro atoms. The van der Waals surface area contributed by atoms with E-state index in [1.807, 2.05) is 31.2 Å². The summed E-state index contributed by atoms with van der Waals surface area (Å²) in [6.45, 7) is 5.99. The molecule has 0 saturated carbocycles. The van der Waals surface area contributed by atoms with Crippen LogP contribution in [0.1, 0.15) is 38.7 Å². The van der Waals surface area contributed by atoms with Crippen LogP contribution in [0, 0.1) is 0 Å². The lowest BCUT2D eigenvalue weighted by Crippen LogP contribution is -1.99. The SMILES string of the molecule is COc1ccccc1C(/C=C(\C)C=O)CC=C(C)C. The summed E-state index contributed by atoms with van der Waals surface area (Å²) < 4.78 is 5.41. The second kappa shape index (κ2) is 7.57. The molecule has 1 atom stereocenters. The summed E-state index contributed by atoms with van der Waals surface area (Å²) in [6.07, 6.45) is 5.95. The second-order valence-corrected chi connectivity index (χ2v) is 4.89. The summed E-state index contributed by atoms with van der Waals surface area (Å²) in [5.41, 5.74) is 3.14. The van der Waals surface area contributed by atoms with E-state index in [2.05, 4.69) is 26.0 Å². The Hall–Kier alpha value is -1.83. The molecular formula is C17H22O2. The number of rotatable bonds is 6. The number of benzene rings is 1. The Labute approximate surface area is 115 Å². The molecule has 0 aliphatic heterocycles. The summed E-state index contributed by atoms with van der Waals surface area (Å²) in [5.74, 6) is 1.03. The van der Waals surface area contributed by atoms with Gasteiger partial charge >= 0.3 is 0 Å². The number of hydrogen-bond acceptors (Lipinski definition) is 2. The molecule has 0 aliphatic rings. The highest BCUT2D eigenvalue weighted by Gasteiger charge is 2.12. The zero-order chi connectivity index (χ0) is 14.3. The highest BCUT2D eigenvalue weighted by molar-refractivity contribution is 5.72. The number of carbonyl (C=O) groups excluding carboxylic acids is 1. The average molecular weight is 258 g/mol. The van der Waals surface area contributed by atoms with Crippen LogP contribution in [-0.4, -0.2) is 13.4 Å². The Balaban J connectivity index is 3.14. The smallest absolute Gasteiger partial charge is 0.145 e. The lowest BCUT2D eigenvalue weighted by molar-refractivity contribution is -0.104. The first-order valence-electron chi connectivity index (χ1n) is 6.48. The third-order valence-electron chi connectivity index (χ3n) is 2.97. The first-order chi connectivity index (χ1) is 9.08. The summed E-state index contributed by atoms with van der Waals surface area (Å²) in [5, 5.41) is 0. The maximum Gasteiger partial charge on any atom is 0.145 e. The van der Waals surface area contributed by atoms with Crippen LogP contribution < -0.4 is 4.74 Å². The van der Waals surface area contributed by atoms with Gasteiger partial charge in [-0.1, -0.05) is 35.9 Å². The van der Waals surface area contributed by atoms with Crippen LogP contribution in [0.4, 0.5) is 0 Å². The number of carbonyl (C=O) groups is 1. The van der Waals surface area contributed by atoms with Crippen molar-refractivity contribution in [3.05, 3.63) is 53.1 Å². The van der Waals surface area contributed by atoms with E-state index in [9.17, 15) is 4.79 Å². The lowest BCUT2D eigenvalue weighted by Gasteiger charge is -2.16. The normalized spacial score (nSPS) is 12.7. The molecular weight excluding hydrogens is 236 g/mol. The number of allylic oxidation sites excluding steroid dienone is 4. The monoisotopic (exact) mass is 258 g/mol. The van der Waals surface area contributed by atoms with Crippen molar-refractivity contribution >= 4 is 6.29 Å². The highest BCUT2D eigenvalue weighted by atomic mass is 16.5. The average Bonchev–Trinajstić information content (AvgIpc) is 2.42. The highest BCUT2D eigenvalue weighted by Crippen LogP contribution is 2.31. The molecule has 0 bridgehead atoms. The van der Waals surface area contributed by atoms with Gasteiger partial charge in [0, 0.05) is 11.5 Å². The molecule has 0 heterocycles. The molecule has 0 N–H and O–H groups in total. The van der Waals surface area contributed by atoms with Crippen LogP contribution in [0.15, 0.2) is 47.6 Å². The fourth-order valence-corrected chi connectivity index (χ4v) is 1.98. The van der Waals surface area contributed by atoms with Crippen molar-refractivity contribution in [2.75, 3.05) is 7.11 Å². The largest absolute Gasteiger partial charge is 0.496 e. The molecule has 102 valence electrons. The number of ether oxygens (including phenoxy) is 1. The van der Waals surface area contributed by atoms with E-state index in [1.165, 1.54) is 5.57 Å². The molecule has 1 aromatic rings. The number of hydrogen-bond donors (Lipinski definition) is 0. The predicted octanol–water partition coefficient (Wildman–Crippen LogP) is 4.28. The number of methoxy groups -OCH3 is 1. The lowest BCUT2D eigenvalue weighted by atomic mass is 9.92. The van der Waals surface area contributed by atoms with Gasteiger partial charge in [-0.15, -0.1) is 0 Å². The predicted molar refractivity (Wildman–Crippen MR) is 79.6 cm³/mol. The third kappa shape index (κ3) is 4.74. The molecule has 0 radical (unpaired) electrons. The summed E-state index contributed by atoms with van der Waals surface area (Å²) in [4.78, 5) is 10.8. The van der Waals surface area contributed by atoms with Gasteiger partial charge in [0.05, 0.1) is 7.11 Å². The van der Waals surface area contributed by atoms with Gasteiger partial charge < -0.3 is 4.74 Å². The summed E-state index contributed by atoms with van der Waals surface area (Å²) in [7, 11) is 1.67. The third-order valence-corrected chi connectivity index (χ3v) is 2.97. The van der Waals surface area contributed by atoms with Crippen molar-refractivity contribution in [2.45, 2.75) is 33.1 Å². The van der Waals surface area contributed by atoms with Crippen molar-refractivity contribution in [1.29, 1.82) is 0 Å². The van der Waals surface area contributed by atoms with Crippen molar-refractivity contribution in [2.24, 2.45) is 0 Å². The molecule has 1 aromatic carbocycles. The Bertz CT molecular complexity index is 480. The van der Waals surface area contributed by atoms with Crippen LogP contribution in [0.25, 0.3) is 0 Å². The Kier molecular flexibility index (Phi) is 6.07. The molecule has 1 unspecified atom stereocenters. The quantitative estimate of drug-likeness (QED) is 0.432. The van der Waals surface area contributed by atoms with E-state index >= 15 is 0 Å². The van der Waals surface area contributed by atoms with Gasteiger partial charge in [-0.2, -0.15) is 0 Å². The van der Waals surface area contributed by atoms with E-state index in [0.717, 1.165) is 29.6 Å². The van der Waals surface area contributed by atoms with Gasteiger partial charge in [-0.3, -0.25) is 4.79 Å². The van der Waals surface area contributed by atoms with Crippen molar-refractivity contribution in [3.8, 4) is 5.75 Å². The summed E-state index contributed by atoms with van der Waals surface area (Å²) in [6, 6.07) is 7.96. The zero-order valence-corrected chi connectivity index (χ0v) is 12.1. The molecule has 2 nitrogen and oxygen atoms in total. The second-order valence-electron chi connectivity index (χ2n) is 4.89. The maximum atomic E-state index is 10.8. The Morgan fingerprint density at radius 1 is 1.26 bits per heavy atom. The first kappa shape index (κ1) is 15.2. The van der Waals surface area contributed by atoms with Gasteiger partial charge in [0.15, 0.2) is 0 Å². The molecule has 19 heavy (non-hydrogen) atoms. The molecule has 1 rings (SSSR count). The minimum atomic E-state index is 0.163. The van der Waals surface area contributed by atoms with E-state index in [4.69, 9.17) is 4.74 Å². The van der Waals surface area contributed by atoms with Crippen LogP contribution in [-0.2, 0) is 4.79 Å². The maximum absolute atomic E-state index is 10.8. The van der Waals surface area contributed by atoms with Crippen LogP contribution in [0.3, 0.4) is 0 Å². The Morgan fingerprint density at radius 2 is 1.95 bits per heavy atom. The zero-order valence-electron chi connectivity index (χ0n) is 12.1. The number of aldehydes is 1. The van der Waals surface area contributed by atoms with E-state index < -0.39 is 0 Å². The van der Waals surface area contributed by atoms with Gasteiger partial charge in [-0.05, 0) is 38.8 Å². The fraction of sp³-hybridized carbons (Fsp3) is 0.353. The van der Waals surface area contributed by atoms with Gasteiger partial charge in [0.2, 0.25) is 0 Å². The minimum absolute atomic E-state index is 0.163. The van der Waals surface area contributed by atoms with Crippen LogP contribution in [0.2, 0.25) is 0 Å². The minimum Gasteiger partial charge on any atom is -0.496 e. The topological polar surface area (TPSA) is 26.3 Å². The molecule has 0 aromatic heterocycles. The number of para-hydroxylation sites is 1. The molecule has 2 heteroatoms. The molecule has 0 aliphatic carbocycles. The van der Waals surface area contributed by atoms with Gasteiger partial charge in [-0.25, -0.2) is 0 Å². The van der Waals surface area contributed by atoms with Crippen molar-refractivity contribution in [3.63, 3.8) is 0 Å². The van der Waals surface area contributed by atoms with Crippen LogP contribution in [0.5, 0.6) is 5.75 Å². The molecule has 0 amide bonds.